The lowest BCUT2D eigenvalue weighted by atomic mass is 10.1. The highest BCUT2D eigenvalue weighted by Gasteiger charge is 2.20. The van der Waals surface area contributed by atoms with Crippen molar-refractivity contribution in [1.29, 1.82) is 0 Å². The number of nitrogens with two attached hydrogens (primary N) is 1. The fraction of sp³-hybridized carbons (Fsp3) is 0.318. The van der Waals surface area contributed by atoms with E-state index in [0.717, 1.165) is 42.6 Å². The summed E-state index contributed by atoms with van der Waals surface area (Å²) in [6.07, 6.45) is 7.64. The lowest BCUT2D eigenvalue weighted by Crippen LogP contribution is -2.29. The van der Waals surface area contributed by atoms with Crippen LogP contribution in [-0.4, -0.2) is 48.1 Å². The second kappa shape index (κ2) is 8.12. The largest absolute Gasteiger partial charge is 0.383 e. The van der Waals surface area contributed by atoms with E-state index in [4.69, 9.17) is 5.73 Å². The molecule has 9 nitrogen and oxygen atoms in total. The van der Waals surface area contributed by atoms with Crippen LogP contribution in [0.15, 0.2) is 36.8 Å². The molecule has 1 aromatic carbocycles. The summed E-state index contributed by atoms with van der Waals surface area (Å²) in [5.74, 6) is 0.217. The first kappa shape index (κ1) is 20.3. The van der Waals surface area contributed by atoms with E-state index in [1.807, 2.05) is 36.1 Å². The second-order valence-electron chi connectivity index (χ2n) is 8.10. The van der Waals surface area contributed by atoms with E-state index < -0.39 is 0 Å². The quantitative estimate of drug-likeness (QED) is 0.509. The summed E-state index contributed by atoms with van der Waals surface area (Å²) in [4.78, 5) is 4.35. The molecule has 4 aromatic rings. The van der Waals surface area contributed by atoms with Gasteiger partial charge in [0.1, 0.15) is 11.5 Å². The average Bonchev–Trinajstić information content (AvgIpc) is 3.49. The summed E-state index contributed by atoms with van der Waals surface area (Å²) in [6.45, 7) is 5.57. The second-order valence-corrected chi connectivity index (χ2v) is 8.10. The molecule has 0 radical (unpaired) electrons. The minimum Gasteiger partial charge on any atom is -0.383 e. The Labute approximate surface area is 184 Å². The Bertz CT molecular complexity index is 1270. The molecule has 0 amide bonds. The minimum atomic E-state index is -0.371. The van der Waals surface area contributed by atoms with E-state index in [1.165, 1.54) is 4.68 Å². The predicted octanol–water partition coefficient (Wildman–Crippen LogP) is 2.85. The van der Waals surface area contributed by atoms with Crippen molar-refractivity contribution in [3.8, 4) is 28.2 Å². The number of rotatable bonds is 4. The summed E-state index contributed by atoms with van der Waals surface area (Å²) >= 11 is 0. The van der Waals surface area contributed by atoms with Crippen LogP contribution in [0, 0.1) is 19.7 Å². The van der Waals surface area contributed by atoms with E-state index in [2.05, 4.69) is 30.9 Å². The zero-order chi connectivity index (χ0) is 22.2. The van der Waals surface area contributed by atoms with E-state index >= 15 is 0 Å². The van der Waals surface area contributed by atoms with Gasteiger partial charge < -0.3 is 11.1 Å². The number of anilines is 1. The topological polar surface area (TPSA) is 112 Å². The Morgan fingerprint density at radius 2 is 1.94 bits per heavy atom. The van der Waals surface area contributed by atoms with Crippen molar-refractivity contribution < 1.29 is 4.39 Å². The number of aryl methyl sites for hydroxylation is 1. The Morgan fingerprint density at radius 3 is 2.75 bits per heavy atom. The monoisotopic (exact) mass is 433 g/mol. The van der Waals surface area contributed by atoms with Crippen LogP contribution in [0.25, 0.3) is 28.2 Å². The molecule has 1 saturated heterocycles. The van der Waals surface area contributed by atoms with Gasteiger partial charge in [-0.3, -0.25) is 4.68 Å². The summed E-state index contributed by atoms with van der Waals surface area (Å²) < 4.78 is 18.3. The Morgan fingerprint density at radius 1 is 1.12 bits per heavy atom. The molecule has 164 valence electrons. The average molecular weight is 433 g/mol. The SMILES string of the molecule is Cc1ccc(-n2nnnc2-c2cc(-c3cnn(C4CCNCC4)c3)cnc2N)c(F)c1C. The molecule has 0 atom stereocenters. The van der Waals surface area contributed by atoms with Crippen LogP contribution >= 0.6 is 0 Å². The maximum absolute atomic E-state index is 15.0. The Hall–Kier alpha value is -3.66. The molecule has 10 heteroatoms. The van der Waals surface area contributed by atoms with Crippen LogP contribution in [0.5, 0.6) is 0 Å². The van der Waals surface area contributed by atoms with E-state index in [9.17, 15) is 4.39 Å². The molecular formula is C22H24FN9. The van der Waals surface area contributed by atoms with Gasteiger partial charge in [-0.05, 0) is 73.5 Å². The predicted molar refractivity (Wildman–Crippen MR) is 119 cm³/mol. The highest BCUT2D eigenvalue weighted by molar-refractivity contribution is 5.76. The van der Waals surface area contributed by atoms with Crippen LogP contribution in [0.4, 0.5) is 10.2 Å². The molecule has 4 heterocycles. The molecule has 1 aliphatic rings. The minimum absolute atomic E-state index is 0.261. The Balaban J connectivity index is 1.53. The molecular weight excluding hydrogens is 409 g/mol. The van der Waals surface area contributed by atoms with E-state index in [-0.39, 0.29) is 17.3 Å². The van der Waals surface area contributed by atoms with Crippen LogP contribution in [0.3, 0.4) is 0 Å². The van der Waals surface area contributed by atoms with Gasteiger partial charge >= 0.3 is 0 Å². The first-order valence-electron chi connectivity index (χ1n) is 10.6. The van der Waals surface area contributed by atoms with Gasteiger partial charge in [-0.25, -0.2) is 9.37 Å². The first-order valence-corrected chi connectivity index (χ1v) is 10.6. The highest BCUT2D eigenvalue weighted by Crippen LogP contribution is 2.31. The molecule has 32 heavy (non-hydrogen) atoms. The highest BCUT2D eigenvalue weighted by atomic mass is 19.1. The summed E-state index contributed by atoms with van der Waals surface area (Å²) in [7, 11) is 0. The fourth-order valence-corrected chi connectivity index (χ4v) is 4.02. The number of pyridine rings is 1. The molecule has 3 N–H and O–H groups in total. The van der Waals surface area contributed by atoms with Crippen molar-refractivity contribution in [1.82, 2.24) is 40.3 Å². The normalized spacial score (nSPS) is 14.7. The van der Waals surface area contributed by atoms with Crippen molar-refractivity contribution in [2.75, 3.05) is 18.8 Å². The molecule has 5 rings (SSSR count). The van der Waals surface area contributed by atoms with E-state index in [1.54, 1.807) is 19.2 Å². The molecule has 3 aromatic heterocycles. The number of nitrogens with zero attached hydrogens (tertiary/aromatic N) is 7. The van der Waals surface area contributed by atoms with Gasteiger partial charge in [0, 0.05) is 23.5 Å². The fourth-order valence-electron chi connectivity index (χ4n) is 4.02. The number of piperidine rings is 1. The number of aromatic nitrogens is 7. The maximum atomic E-state index is 15.0. The van der Waals surface area contributed by atoms with Crippen LogP contribution < -0.4 is 11.1 Å². The summed E-state index contributed by atoms with van der Waals surface area (Å²) in [5.41, 5.74) is 10.1. The third kappa shape index (κ3) is 3.52. The van der Waals surface area contributed by atoms with Gasteiger partial charge in [-0.2, -0.15) is 9.78 Å². The Kier molecular flexibility index (Phi) is 5.14. The van der Waals surface area contributed by atoms with Crippen LogP contribution in [0.2, 0.25) is 0 Å². The summed E-state index contributed by atoms with van der Waals surface area (Å²) in [6, 6.07) is 5.75. The smallest absolute Gasteiger partial charge is 0.190 e. The van der Waals surface area contributed by atoms with Crippen molar-refractivity contribution in [3.63, 3.8) is 0 Å². The molecule has 0 bridgehead atoms. The molecule has 0 saturated carbocycles. The number of hydrogen-bond donors (Lipinski definition) is 2. The van der Waals surface area contributed by atoms with Gasteiger partial charge in [0.2, 0.25) is 0 Å². The third-order valence-electron chi connectivity index (χ3n) is 6.11. The van der Waals surface area contributed by atoms with Gasteiger partial charge in [-0.1, -0.05) is 6.07 Å². The summed E-state index contributed by atoms with van der Waals surface area (Å²) in [5, 5.41) is 19.8. The van der Waals surface area contributed by atoms with Gasteiger partial charge in [0.25, 0.3) is 0 Å². The number of benzene rings is 1. The van der Waals surface area contributed by atoms with Gasteiger partial charge in [0.15, 0.2) is 11.6 Å². The maximum Gasteiger partial charge on any atom is 0.190 e. The lowest BCUT2D eigenvalue weighted by Gasteiger charge is -2.22. The first-order chi connectivity index (χ1) is 15.5. The number of nitrogens with one attached hydrogen (secondary N) is 1. The van der Waals surface area contributed by atoms with Crippen molar-refractivity contribution >= 4 is 5.82 Å². The zero-order valence-electron chi connectivity index (χ0n) is 18.0. The number of halogens is 1. The number of tetrazole rings is 1. The van der Waals surface area contributed by atoms with Crippen molar-refractivity contribution in [2.24, 2.45) is 0 Å². The van der Waals surface area contributed by atoms with Crippen LogP contribution in [0.1, 0.15) is 30.0 Å². The van der Waals surface area contributed by atoms with E-state index in [0.29, 0.717) is 23.0 Å². The number of nitrogen functional groups attached to an aromatic ring is 1. The standard InChI is InChI=1S/C22H24FN9/c1-13-3-4-19(20(23)14(13)2)32-22(28-29-30-32)18-9-15(10-26-21(18)24)16-11-27-31(12-16)17-5-7-25-8-6-17/h3-4,9-12,17,25H,5-8H2,1-2H3,(H2,24,26). The van der Waals surface area contributed by atoms with Crippen LogP contribution in [-0.2, 0) is 0 Å². The number of hydrogen-bond acceptors (Lipinski definition) is 7. The third-order valence-corrected chi connectivity index (χ3v) is 6.11. The molecule has 1 aliphatic heterocycles. The van der Waals surface area contributed by atoms with Gasteiger partial charge in [0.05, 0.1) is 17.8 Å². The van der Waals surface area contributed by atoms with Crippen molar-refractivity contribution in [3.05, 3.63) is 53.7 Å². The molecule has 0 unspecified atom stereocenters. The molecule has 0 aliphatic carbocycles. The zero-order valence-corrected chi connectivity index (χ0v) is 18.0. The van der Waals surface area contributed by atoms with Crippen molar-refractivity contribution in [2.45, 2.75) is 32.7 Å². The van der Waals surface area contributed by atoms with Gasteiger partial charge in [-0.15, -0.1) is 5.10 Å². The molecule has 0 spiro atoms. The lowest BCUT2D eigenvalue weighted by molar-refractivity contribution is 0.343. The molecule has 1 fully saturated rings.